The molecule has 0 fully saturated rings. The van der Waals surface area contributed by atoms with Crippen LogP contribution in [0.1, 0.15) is 10.4 Å². The molecule has 0 saturated carbocycles. The summed E-state index contributed by atoms with van der Waals surface area (Å²) in [6.45, 7) is 0. The third-order valence-corrected chi connectivity index (χ3v) is 2.29. The topological polar surface area (TPSA) is 89.5 Å². The summed E-state index contributed by atoms with van der Waals surface area (Å²) in [6, 6.07) is 4.11. The van der Waals surface area contributed by atoms with E-state index in [1.165, 1.54) is 18.2 Å². The van der Waals surface area contributed by atoms with Gasteiger partial charge in [0.25, 0.3) is 0 Å². The number of hydrogen-bond donors (Lipinski definition) is 2. The van der Waals surface area contributed by atoms with Gasteiger partial charge in [0.15, 0.2) is 0 Å². The minimum Gasteiger partial charge on any atom is -0.771 e. The van der Waals surface area contributed by atoms with Gasteiger partial charge in [-0.1, -0.05) is 11.6 Å². The Balaban J connectivity index is 2.82. The number of halogens is 1. The third kappa shape index (κ3) is 3.50. The van der Waals surface area contributed by atoms with E-state index in [0.717, 1.165) is 0 Å². The molecule has 1 aromatic carbocycles. The molecule has 1 unspecified atom stereocenters. The molecule has 0 saturated heterocycles. The zero-order chi connectivity index (χ0) is 11.4. The monoisotopic (exact) mass is 248 g/mol. The van der Waals surface area contributed by atoms with Crippen molar-refractivity contribution in [3.63, 3.8) is 0 Å². The van der Waals surface area contributed by atoms with Crippen LogP contribution in [0.2, 0.25) is 5.02 Å². The van der Waals surface area contributed by atoms with E-state index in [1.54, 1.807) is 0 Å². The van der Waals surface area contributed by atoms with Crippen molar-refractivity contribution in [1.82, 2.24) is 0 Å². The van der Waals surface area contributed by atoms with Crippen molar-refractivity contribution in [3.8, 4) is 0 Å². The van der Waals surface area contributed by atoms with Crippen molar-refractivity contribution in [2.45, 2.75) is 0 Å². The number of aromatic carboxylic acids is 1. The molecule has 15 heavy (non-hydrogen) atoms. The highest BCUT2D eigenvalue weighted by atomic mass is 35.5. The summed E-state index contributed by atoms with van der Waals surface area (Å²) in [7, 11) is 0. The van der Waals surface area contributed by atoms with Crippen LogP contribution in [-0.4, -0.2) is 25.7 Å². The van der Waals surface area contributed by atoms with E-state index >= 15 is 0 Å². The summed E-state index contributed by atoms with van der Waals surface area (Å²) in [5.74, 6) is -1.37. The Labute approximate surface area is 93.3 Å². The van der Waals surface area contributed by atoms with Crippen LogP contribution in [0.4, 0.5) is 5.69 Å². The van der Waals surface area contributed by atoms with E-state index < -0.39 is 17.0 Å². The number of carboxylic acids is 1. The van der Waals surface area contributed by atoms with Crippen LogP contribution in [0.3, 0.4) is 0 Å². The second-order valence-corrected chi connectivity index (χ2v) is 3.93. The largest absolute Gasteiger partial charge is 0.771 e. The maximum atomic E-state index is 10.6. The smallest absolute Gasteiger partial charge is 0.337 e. The highest BCUT2D eigenvalue weighted by Gasteiger charge is 2.08. The minimum absolute atomic E-state index is 0.0227. The third-order valence-electron chi connectivity index (χ3n) is 1.59. The summed E-state index contributed by atoms with van der Waals surface area (Å²) in [6.07, 6.45) is 0. The maximum Gasteiger partial charge on any atom is 0.337 e. The Bertz CT molecular complexity index is 410. The molecule has 0 heterocycles. The molecule has 0 amide bonds. The molecule has 5 nitrogen and oxygen atoms in total. The first kappa shape index (κ1) is 12.0. The highest BCUT2D eigenvalue weighted by molar-refractivity contribution is 7.79. The van der Waals surface area contributed by atoms with E-state index in [1.807, 2.05) is 0 Å². The lowest BCUT2D eigenvalue weighted by molar-refractivity contribution is 0.0697. The molecule has 0 radical (unpaired) electrons. The van der Waals surface area contributed by atoms with Gasteiger partial charge in [0.1, 0.15) is 0 Å². The van der Waals surface area contributed by atoms with Crippen molar-refractivity contribution < 1.29 is 18.7 Å². The standard InChI is InChI=1S/C8H8ClNO4S/c9-7-3-5(10-4-15(13)14)1-2-6(7)8(11)12/h1-3,10H,4H2,(H,11,12)(H,13,14)/p-1. The van der Waals surface area contributed by atoms with Crippen LogP contribution in [-0.2, 0) is 11.1 Å². The zero-order valence-corrected chi connectivity index (χ0v) is 8.97. The fourth-order valence-electron chi connectivity index (χ4n) is 0.941. The number of rotatable bonds is 4. The molecular weight excluding hydrogens is 242 g/mol. The number of nitrogens with one attached hydrogen (secondary N) is 1. The minimum atomic E-state index is -2.21. The second-order valence-electron chi connectivity index (χ2n) is 2.62. The van der Waals surface area contributed by atoms with Gasteiger partial charge in [-0.15, -0.1) is 0 Å². The molecule has 0 aliphatic rings. The van der Waals surface area contributed by atoms with Gasteiger partial charge >= 0.3 is 5.97 Å². The Hall–Kier alpha value is -1.11. The van der Waals surface area contributed by atoms with Crippen LogP contribution in [0.25, 0.3) is 0 Å². The van der Waals surface area contributed by atoms with Crippen LogP contribution < -0.4 is 5.32 Å². The first-order valence-electron chi connectivity index (χ1n) is 3.83. The number of carbonyl (C=O) groups is 1. The lowest BCUT2D eigenvalue weighted by atomic mass is 10.2. The predicted molar refractivity (Wildman–Crippen MR) is 55.8 cm³/mol. The normalized spacial score (nSPS) is 12.1. The second kappa shape index (κ2) is 5.11. The maximum absolute atomic E-state index is 10.6. The molecule has 1 rings (SSSR count). The molecule has 0 bridgehead atoms. The van der Waals surface area contributed by atoms with Gasteiger partial charge in [-0.25, -0.2) is 4.79 Å². The average Bonchev–Trinajstić information content (AvgIpc) is 2.14. The molecule has 0 aliphatic heterocycles. The average molecular weight is 249 g/mol. The quantitative estimate of drug-likeness (QED) is 0.784. The molecule has 1 atom stereocenters. The van der Waals surface area contributed by atoms with Crippen LogP contribution in [0.5, 0.6) is 0 Å². The number of hydrogen-bond acceptors (Lipinski definition) is 4. The Morgan fingerprint density at radius 1 is 1.60 bits per heavy atom. The highest BCUT2D eigenvalue weighted by Crippen LogP contribution is 2.20. The van der Waals surface area contributed by atoms with Crippen LogP contribution >= 0.6 is 11.6 Å². The van der Waals surface area contributed by atoms with Gasteiger partial charge in [0.05, 0.1) is 16.5 Å². The van der Waals surface area contributed by atoms with E-state index in [-0.39, 0.29) is 16.5 Å². The molecule has 0 aliphatic carbocycles. The van der Waals surface area contributed by atoms with Crippen molar-refractivity contribution in [2.24, 2.45) is 0 Å². The van der Waals surface area contributed by atoms with Crippen molar-refractivity contribution in [2.75, 3.05) is 11.2 Å². The van der Waals surface area contributed by atoms with Crippen molar-refractivity contribution in [3.05, 3.63) is 28.8 Å². The molecule has 1 aromatic rings. The summed E-state index contributed by atoms with van der Waals surface area (Å²) < 4.78 is 20.5. The van der Waals surface area contributed by atoms with Gasteiger partial charge in [0, 0.05) is 5.69 Å². The summed E-state index contributed by atoms with van der Waals surface area (Å²) in [5, 5.41) is 11.3. The molecule has 7 heteroatoms. The van der Waals surface area contributed by atoms with E-state index in [2.05, 4.69) is 5.32 Å². The molecule has 2 N–H and O–H groups in total. The zero-order valence-electron chi connectivity index (χ0n) is 7.40. The van der Waals surface area contributed by atoms with E-state index in [9.17, 15) is 13.6 Å². The van der Waals surface area contributed by atoms with Gasteiger partial charge in [-0.3, -0.25) is 4.21 Å². The SMILES string of the molecule is O=C(O)c1ccc(NCS(=O)[O-])cc1Cl. The number of anilines is 1. The Morgan fingerprint density at radius 3 is 2.73 bits per heavy atom. The van der Waals surface area contributed by atoms with Crippen LogP contribution in [0.15, 0.2) is 18.2 Å². The van der Waals surface area contributed by atoms with Gasteiger partial charge in [-0.05, 0) is 29.3 Å². The fraction of sp³-hybridized carbons (Fsp3) is 0.125. The van der Waals surface area contributed by atoms with Crippen molar-refractivity contribution in [1.29, 1.82) is 0 Å². The first-order chi connectivity index (χ1) is 7.00. The van der Waals surface area contributed by atoms with Gasteiger partial charge in [-0.2, -0.15) is 0 Å². The Morgan fingerprint density at radius 2 is 2.27 bits per heavy atom. The summed E-state index contributed by atoms with van der Waals surface area (Å²) >= 11 is 3.46. The predicted octanol–water partition coefficient (Wildman–Crippen LogP) is 1.29. The number of benzene rings is 1. The lowest BCUT2D eigenvalue weighted by Crippen LogP contribution is -2.07. The van der Waals surface area contributed by atoms with Crippen LogP contribution in [0, 0.1) is 0 Å². The molecule has 0 spiro atoms. The van der Waals surface area contributed by atoms with E-state index in [4.69, 9.17) is 16.7 Å². The number of carboxylic acid groups (broad SMARTS) is 1. The molecule has 82 valence electrons. The summed E-state index contributed by atoms with van der Waals surface area (Å²) in [5.41, 5.74) is 0.430. The van der Waals surface area contributed by atoms with Crippen molar-refractivity contribution >= 4 is 34.3 Å². The van der Waals surface area contributed by atoms with E-state index in [0.29, 0.717) is 5.69 Å². The Kier molecular flexibility index (Phi) is 4.07. The summed E-state index contributed by atoms with van der Waals surface area (Å²) in [4.78, 5) is 10.6. The van der Waals surface area contributed by atoms with Gasteiger partial charge < -0.3 is 15.0 Å². The van der Waals surface area contributed by atoms with Gasteiger partial charge in [0.2, 0.25) is 0 Å². The molecule has 0 aromatic heterocycles. The molecular formula is C8H7ClNO4S-. The lowest BCUT2D eigenvalue weighted by Gasteiger charge is -2.09. The first-order valence-corrected chi connectivity index (χ1v) is 5.45. The fourth-order valence-corrected chi connectivity index (χ4v) is 1.49.